The second kappa shape index (κ2) is 8.16. The third-order valence-corrected chi connectivity index (χ3v) is 3.38. The fraction of sp³-hybridized carbons (Fsp3) is 0.385. The summed E-state index contributed by atoms with van der Waals surface area (Å²) >= 11 is 7.46. The number of halogens is 1. The summed E-state index contributed by atoms with van der Waals surface area (Å²) in [4.78, 5) is 22.8. The molecule has 0 atom stereocenters. The van der Waals surface area contributed by atoms with Crippen LogP contribution in [0.2, 0.25) is 5.02 Å². The van der Waals surface area contributed by atoms with Gasteiger partial charge < -0.3 is 4.74 Å². The molecule has 0 aliphatic rings. The van der Waals surface area contributed by atoms with Crippen LogP contribution in [-0.2, 0) is 14.3 Å². The Balaban J connectivity index is 2.10. The lowest BCUT2D eigenvalue weighted by Crippen LogP contribution is -2.10. The molecule has 0 saturated carbocycles. The molecule has 0 bridgehead atoms. The molecule has 1 aromatic carbocycles. The van der Waals surface area contributed by atoms with Crippen LogP contribution in [0.3, 0.4) is 0 Å². The quantitative estimate of drug-likeness (QED) is 0.334. The Morgan fingerprint density at radius 2 is 1.94 bits per heavy atom. The van der Waals surface area contributed by atoms with Gasteiger partial charge in [0, 0.05) is 15.7 Å². The first kappa shape index (κ1) is 15.1. The van der Waals surface area contributed by atoms with E-state index < -0.39 is 5.97 Å². The van der Waals surface area contributed by atoms with E-state index in [4.69, 9.17) is 16.3 Å². The van der Waals surface area contributed by atoms with Gasteiger partial charge in [0.1, 0.15) is 12.2 Å². The van der Waals surface area contributed by atoms with Gasteiger partial charge in [0.25, 0.3) is 0 Å². The second-order valence-electron chi connectivity index (χ2n) is 3.76. The van der Waals surface area contributed by atoms with Crippen LogP contribution in [0.15, 0.2) is 29.2 Å². The average molecular weight is 287 g/mol. The fourth-order valence-corrected chi connectivity index (χ4v) is 2.17. The van der Waals surface area contributed by atoms with Gasteiger partial charge in [-0.1, -0.05) is 11.6 Å². The summed E-state index contributed by atoms with van der Waals surface area (Å²) < 4.78 is 4.92. The Morgan fingerprint density at radius 1 is 1.28 bits per heavy atom. The van der Waals surface area contributed by atoms with E-state index in [-0.39, 0.29) is 12.2 Å². The summed E-state index contributed by atoms with van der Waals surface area (Å²) in [7, 11) is 0. The molecule has 0 amide bonds. The van der Waals surface area contributed by atoms with Gasteiger partial charge in [-0.3, -0.25) is 9.59 Å². The molecule has 5 heteroatoms. The van der Waals surface area contributed by atoms with Crippen molar-refractivity contribution in [3.8, 4) is 0 Å². The van der Waals surface area contributed by atoms with Crippen LogP contribution < -0.4 is 0 Å². The molecule has 0 aliphatic carbocycles. The van der Waals surface area contributed by atoms with E-state index >= 15 is 0 Å². The Kier molecular flexibility index (Phi) is 6.83. The van der Waals surface area contributed by atoms with Gasteiger partial charge in [-0.2, -0.15) is 0 Å². The maximum Gasteiger partial charge on any atom is 0.313 e. The van der Waals surface area contributed by atoms with Crippen LogP contribution >= 0.6 is 23.4 Å². The van der Waals surface area contributed by atoms with Crippen molar-refractivity contribution in [1.82, 2.24) is 0 Å². The largest absolute Gasteiger partial charge is 0.465 e. The SMILES string of the molecule is CC(=O)CC(=O)OCCCSc1ccc(Cl)cc1. The lowest BCUT2D eigenvalue weighted by atomic mass is 10.3. The van der Waals surface area contributed by atoms with Crippen LogP contribution in [0.5, 0.6) is 0 Å². The van der Waals surface area contributed by atoms with Crippen LogP contribution in [0, 0.1) is 0 Å². The third kappa shape index (κ3) is 6.67. The smallest absolute Gasteiger partial charge is 0.313 e. The molecule has 0 heterocycles. The highest BCUT2D eigenvalue weighted by molar-refractivity contribution is 7.99. The molecular weight excluding hydrogens is 272 g/mol. The summed E-state index contributed by atoms with van der Waals surface area (Å²) in [5, 5.41) is 0.720. The van der Waals surface area contributed by atoms with E-state index in [9.17, 15) is 9.59 Å². The van der Waals surface area contributed by atoms with Crippen LogP contribution in [0.4, 0.5) is 0 Å². The standard InChI is InChI=1S/C13H15ClO3S/c1-10(15)9-13(16)17-7-2-8-18-12-5-3-11(14)4-6-12/h3-6H,2,7-9H2,1H3. The fourth-order valence-electron chi connectivity index (χ4n) is 1.22. The Morgan fingerprint density at radius 3 is 2.56 bits per heavy atom. The number of hydrogen-bond acceptors (Lipinski definition) is 4. The van der Waals surface area contributed by atoms with E-state index in [0.717, 1.165) is 22.1 Å². The van der Waals surface area contributed by atoms with Gasteiger partial charge >= 0.3 is 5.97 Å². The predicted molar refractivity (Wildman–Crippen MR) is 73.1 cm³/mol. The minimum absolute atomic E-state index is 0.135. The highest BCUT2D eigenvalue weighted by Gasteiger charge is 2.05. The summed E-state index contributed by atoms with van der Waals surface area (Å²) in [6.45, 7) is 1.73. The van der Waals surface area contributed by atoms with Gasteiger partial charge in [0.05, 0.1) is 6.61 Å². The third-order valence-electron chi connectivity index (χ3n) is 2.03. The molecule has 98 valence electrons. The molecule has 3 nitrogen and oxygen atoms in total. The van der Waals surface area contributed by atoms with Crippen molar-refractivity contribution in [2.75, 3.05) is 12.4 Å². The van der Waals surface area contributed by atoms with E-state index in [1.54, 1.807) is 11.8 Å². The van der Waals surface area contributed by atoms with Crippen LogP contribution in [0.25, 0.3) is 0 Å². The molecule has 1 aromatic rings. The van der Waals surface area contributed by atoms with Gasteiger partial charge in [0.15, 0.2) is 0 Å². The number of esters is 1. The van der Waals surface area contributed by atoms with Crippen LogP contribution in [0.1, 0.15) is 19.8 Å². The Hall–Kier alpha value is -1.00. The summed E-state index contributed by atoms with van der Waals surface area (Å²) in [6.07, 6.45) is 0.626. The maximum absolute atomic E-state index is 11.1. The number of carbonyl (C=O) groups is 2. The van der Waals surface area contributed by atoms with Gasteiger partial charge in [0.2, 0.25) is 0 Å². The number of hydrogen-bond donors (Lipinski definition) is 0. The lowest BCUT2D eigenvalue weighted by molar-refractivity contribution is -0.145. The molecule has 0 spiro atoms. The topological polar surface area (TPSA) is 43.4 Å². The normalized spacial score (nSPS) is 10.1. The molecule has 1 rings (SSSR count). The molecule has 0 saturated heterocycles. The molecule has 0 unspecified atom stereocenters. The number of benzene rings is 1. The summed E-state index contributed by atoms with van der Waals surface area (Å²) in [5.74, 6) is 0.240. The number of ketones is 1. The first-order valence-electron chi connectivity index (χ1n) is 5.61. The number of rotatable bonds is 7. The van der Waals surface area contributed by atoms with Crippen molar-refractivity contribution in [1.29, 1.82) is 0 Å². The van der Waals surface area contributed by atoms with Crippen molar-refractivity contribution < 1.29 is 14.3 Å². The summed E-state index contributed by atoms with van der Waals surface area (Å²) in [6, 6.07) is 7.59. The number of Topliss-reactive ketones (excluding diaryl/α,β-unsaturated/α-hetero) is 1. The minimum atomic E-state index is -0.445. The van der Waals surface area contributed by atoms with E-state index in [1.807, 2.05) is 24.3 Å². The van der Waals surface area contributed by atoms with Gasteiger partial charge in [-0.25, -0.2) is 0 Å². The Labute approximate surface area is 116 Å². The molecule has 18 heavy (non-hydrogen) atoms. The Bertz CT molecular complexity index is 403. The van der Waals surface area contributed by atoms with Gasteiger partial charge in [-0.05, 0) is 37.6 Å². The van der Waals surface area contributed by atoms with Crippen LogP contribution in [-0.4, -0.2) is 24.1 Å². The lowest BCUT2D eigenvalue weighted by Gasteiger charge is -2.04. The van der Waals surface area contributed by atoms with Crippen molar-refractivity contribution in [3.05, 3.63) is 29.3 Å². The second-order valence-corrected chi connectivity index (χ2v) is 5.36. The maximum atomic E-state index is 11.1. The first-order chi connectivity index (χ1) is 8.58. The van der Waals surface area contributed by atoms with Crippen molar-refractivity contribution >= 4 is 35.1 Å². The van der Waals surface area contributed by atoms with Crippen molar-refractivity contribution in [2.24, 2.45) is 0 Å². The minimum Gasteiger partial charge on any atom is -0.465 e. The predicted octanol–water partition coefficient (Wildman–Crippen LogP) is 3.34. The number of thioether (sulfide) groups is 1. The molecule has 0 radical (unpaired) electrons. The molecule has 0 N–H and O–H groups in total. The van der Waals surface area contributed by atoms with Gasteiger partial charge in [-0.15, -0.1) is 11.8 Å². The zero-order chi connectivity index (χ0) is 13.4. The van der Waals surface area contributed by atoms with Crippen molar-refractivity contribution in [3.63, 3.8) is 0 Å². The number of carbonyl (C=O) groups excluding carboxylic acids is 2. The highest BCUT2D eigenvalue weighted by atomic mass is 35.5. The summed E-state index contributed by atoms with van der Waals surface area (Å²) in [5.41, 5.74) is 0. The number of ether oxygens (including phenoxy) is 1. The van der Waals surface area contributed by atoms with Crippen molar-refractivity contribution in [2.45, 2.75) is 24.7 Å². The average Bonchev–Trinajstić information content (AvgIpc) is 2.30. The molecular formula is C13H15ClO3S. The zero-order valence-electron chi connectivity index (χ0n) is 10.1. The monoisotopic (exact) mass is 286 g/mol. The van der Waals surface area contributed by atoms with E-state index in [1.165, 1.54) is 6.92 Å². The zero-order valence-corrected chi connectivity index (χ0v) is 11.7. The van der Waals surface area contributed by atoms with E-state index in [2.05, 4.69) is 0 Å². The molecule has 0 aliphatic heterocycles. The highest BCUT2D eigenvalue weighted by Crippen LogP contribution is 2.20. The molecule has 0 aromatic heterocycles. The molecule has 0 fully saturated rings. The van der Waals surface area contributed by atoms with E-state index in [0.29, 0.717) is 6.61 Å². The first-order valence-corrected chi connectivity index (χ1v) is 6.97.